The Morgan fingerprint density at radius 1 is 1.19 bits per heavy atom. The van der Waals surface area contributed by atoms with Gasteiger partial charge in [0.15, 0.2) is 6.29 Å². The third-order valence-corrected chi connectivity index (χ3v) is 6.20. The highest BCUT2D eigenvalue weighted by Gasteiger charge is 2.31. The van der Waals surface area contributed by atoms with Crippen LogP contribution in [-0.2, 0) is 6.54 Å². The molecule has 0 fully saturated rings. The first-order chi connectivity index (χ1) is 14.7. The molecule has 4 rings (SSSR count). The van der Waals surface area contributed by atoms with E-state index in [4.69, 9.17) is 5.26 Å². The van der Waals surface area contributed by atoms with E-state index >= 15 is 0 Å². The smallest absolute Gasteiger partial charge is 0.254 e. The number of amides is 1. The number of benzene rings is 2. The topological polar surface area (TPSA) is 81.4 Å². The van der Waals surface area contributed by atoms with E-state index in [0.717, 1.165) is 22.3 Å². The van der Waals surface area contributed by atoms with Crippen LogP contribution >= 0.6 is 11.3 Å². The highest BCUT2D eigenvalue weighted by molar-refractivity contribution is 7.17. The number of thiophene rings is 1. The molecule has 0 aliphatic carbocycles. The molecule has 2 heterocycles. The summed E-state index contributed by atoms with van der Waals surface area (Å²) in [6.07, 6.45) is 0.750. The molecule has 31 heavy (non-hydrogen) atoms. The fourth-order valence-electron chi connectivity index (χ4n) is 3.79. The molecule has 1 aromatic heterocycles. The van der Waals surface area contributed by atoms with Crippen molar-refractivity contribution in [1.29, 1.82) is 5.26 Å². The Balaban J connectivity index is 1.76. The van der Waals surface area contributed by atoms with Crippen LogP contribution in [-0.4, -0.2) is 34.3 Å². The number of carbonyl (C=O) groups excluding carboxylic acids is 2. The number of halogens is 1. The summed E-state index contributed by atoms with van der Waals surface area (Å²) >= 11 is 1.29. The molecule has 0 saturated carbocycles. The highest BCUT2D eigenvalue weighted by Crippen LogP contribution is 2.41. The number of aliphatic hydroxyl groups is 1. The van der Waals surface area contributed by atoms with E-state index in [1.54, 1.807) is 43.0 Å². The molecule has 1 aliphatic rings. The van der Waals surface area contributed by atoms with E-state index in [0.29, 0.717) is 28.1 Å². The Morgan fingerprint density at radius 3 is 2.58 bits per heavy atom. The van der Waals surface area contributed by atoms with Crippen molar-refractivity contribution in [2.45, 2.75) is 26.0 Å². The third-order valence-electron chi connectivity index (χ3n) is 5.09. The molecule has 5 nitrogen and oxygen atoms in total. The Morgan fingerprint density at radius 2 is 1.94 bits per heavy atom. The van der Waals surface area contributed by atoms with Crippen molar-refractivity contribution in [2.75, 3.05) is 6.54 Å². The zero-order chi connectivity index (χ0) is 22.3. The molecular formula is C24H19FN2O3S. The largest absolute Gasteiger partial charge is 0.389 e. The molecule has 3 aromatic rings. The minimum atomic E-state index is -1.00. The number of nitrogens with zero attached hydrogens (tertiary/aromatic N) is 2. The highest BCUT2D eigenvalue weighted by atomic mass is 32.1. The van der Waals surface area contributed by atoms with Crippen molar-refractivity contribution in [3.05, 3.63) is 69.8 Å². The van der Waals surface area contributed by atoms with Crippen molar-refractivity contribution in [3.63, 3.8) is 0 Å². The molecule has 0 radical (unpaired) electrons. The predicted octanol–water partition coefficient (Wildman–Crippen LogP) is 4.63. The lowest BCUT2D eigenvalue weighted by Crippen LogP contribution is -2.38. The third kappa shape index (κ3) is 4.00. The summed E-state index contributed by atoms with van der Waals surface area (Å²) in [5, 5.41) is 19.1. The zero-order valence-corrected chi connectivity index (χ0v) is 17.8. The number of β-amino-alcohol motifs (C(OH)–C–C–N with tert-alkyl or cyclic N) is 1. The van der Waals surface area contributed by atoms with Crippen LogP contribution in [0, 0.1) is 17.1 Å². The molecular weight excluding hydrogens is 415 g/mol. The fourth-order valence-corrected chi connectivity index (χ4v) is 4.78. The van der Waals surface area contributed by atoms with Gasteiger partial charge in [-0.2, -0.15) is 5.26 Å². The van der Waals surface area contributed by atoms with E-state index in [9.17, 15) is 19.1 Å². The number of aldehydes is 1. The Labute approximate surface area is 183 Å². The molecule has 1 aliphatic heterocycles. The normalized spacial score (nSPS) is 13.3. The van der Waals surface area contributed by atoms with Crippen molar-refractivity contribution in [2.24, 2.45) is 0 Å². The second-order valence-corrected chi connectivity index (χ2v) is 9.25. The van der Waals surface area contributed by atoms with Gasteiger partial charge in [-0.05, 0) is 60.9 Å². The molecule has 2 aromatic carbocycles. The average Bonchev–Trinajstić information content (AvgIpc) is 3.28. The summed E-state index contributed by atoms with van der Waals surface area (Å²) in [6.45, 7) is 3.92. The fraction of sp³-hybridized carbons (Fsp3) is 0.208. The van der Waals surface area contributed by atoms with Crippen molar-refractivity contribution in [1.82, 2.24) is 4.90 Å². The van der Waals surface area contributed by atoms with Crippen molar-refractivity contribution in [3.8, 4) is 27.6 Å². The van der Waals surface area contributed by atoms with Crippen LogP contribution in [0.1, 0.15) is 45.0 Å². The lowest BCUT2D eigenvalue weighted by Gasteiger charge is -2.24. The summed E-state index contributed by atoms with van der Waals surface area (Å²) in [5.74, 6) is -0.746. The SMILES string of the molecule is CC(C)(O)CN1Cc2cc(-c3sc(C=O)cc3-c3ccc(C#N)c(F)c3)ccc2C1=O. The van der Waals surface area contributed by atoms with Crippen molar-refractivity contribution >= 4 is 23.5 Å². The van der Waals surface area contributed by atoms with Crippen LogP contribution < -0.4 is 0 Å². The van der Waals surface area contributed by atoms with Crippen LogP contribution in [0.3, 0.4) is 0 Å². The second-order valence-electron chi connectivity index (χ2n) is 8.16. The molecule has 1 amide bonds. The number of carbonyl (C=O) groups is 2. The number of fused-ring (bicyclic) bond motifs is 1. The minimum Gasteiger partial charge on any atom is -0.389 e. The number of nitriles is 1. The molecule has 1 N–H and O–H groups in total. The van der Waals surface area contributed by atoms with Crippen molar-refractivity contribution < 1.29 is 19.1 Å². The van der Waals surface area contributed by atoms with Crippen LogP contribution in [0.5, 0.6) is 0 Å². The van der Waals surface area contributed by atoms with Gasteiger partial charge in [0.05, 0.1) is 16.0 Å². The van der Waals surface area contributed by atoms with Gasteiger partial charge in [0.2, 0.25) is 0 Å². The van der Waals surface area contributed by atoms with E-state index in [-0.39, 0.29) is 18.0 Å². The van der Waals surface area contributed by atoms with Crippen LogP contribution in [0.2, 0.25) is 0 Å². The number of hydrogen-bond donors (Lipinski definition) is 1. The molecule has 156 valence electrons. The molecule has 0 bridgehead atoms. The number of hydrogen-bond acceptors (Lipinski definition) is 5. The van der Waals surface area contributed by atoms with E-state index in [1.165, 1.54) is 23.5 Å². The summed E-state index contributed by atoms with van der Waals surface area (Å²) in [5.41, 5.74) is 2.45. The molecule has 7 heteroatoms. The van der Waals surface area contributed by atoms with Gasteiger partial charge in [-0.1, -0.05) is 12.1 Å². The standard InChI is InChI=1S/C24H19FN2O3S/c1-24(2,30)13-27-11-17-7-15(5-6-19(17)23(27)29)22-20(9-18(12-28)31-22)14-3-4-16(10-26)21(25)8-14/h3-9,12,30H,11,13H2,1-2H3. The van der Waals surface area contributed by atoms with Gasteiger partial charge in [-0.3, -0.25) is 9.59 Å². The predicted molar refractivity (Wildman–Crippen MR) is 116 cm³/mol. The van der Waals surface area contributed by atoms with Crippen LogP contribution in [0.25, 0.3) is 21.6 Å². The molecule has 0 saturated heterocycles. The molecule has 0 spiro atoms. The van der Waals surface area contributed by atoms with Gasteiger partial charge in [-0.15, -0.1) is 11.3 Å². The average molecular weight is 434 g/mol. The van der Waals surface area contributed by atoms with Gasteiger partial charge >= 0.3 is 0 Å². The van der Waals surface area contributed by atoms with Gasteiger partial charge in [0.1, 0.15) is 11.9 Å². The van der Waals surface area contributed by atoms with Crippen LogP contribution in [0.4, 0.5) is 4.39 Å². The molecule has 0 atom stereocenters. The summed E-state index contributed by atoms with van der Waals surface area (Å²) in [4.78, 5) is 27.0. The number of rotatable bonds is 5. The Bertz CT molecular complexity index is 1250. The summed E-state index contributed by atoms with van der Waals surface area (Å²) in [7, 11) is 0. The zero-order valence-electron chi connectivity index (χ0n) is 17.0. The first-order valence-corrected chi connectivity index (χ1v) is 10.5. The summed E-state index contributed by atoms with van der Waals surface area (Å²) < 4.78 is 14.2. The van der Waals surface area contributed by atoms with E-state index in [2.05, 4.69) is 0 Å². The lowest BCUT2D eigenvalue weighted by molar-refractivity contribution is 0.0314. The maximum Gasteiger partial charge on any atom is 0.254 e. The lowest BCUT2D eigenvalue weighted by atomic mass is 9.99. The van der Waals surface area contributed by atoms with Gasteiger partial charge < -0.3 is 10.0 Å². The molecule has 0 unspecified atom stereocenters. The minimum absolute atomic E-state index is 0.0425. The van der Waals surface area contributed by atoms with Gasteiger partial charge in [0, 0.05) is 29.1 Å². The Kier molecular flexibility index (Phi) is 5.21. The first kappa shape index (κ1) is 20.9. The second kappa shape index (κ2) is 7.73. The maximum atomic E-state index is 14.2. The summed E-state index contributed by atoms with van der Waals surface area (Å²) in [6, 6.07) is 13.3. The van der Waals surface area contributed by atoms with Crippen LogP contribution in [0.15, 0.2) is 42.5 Å². The first-order valence-electron chi connectivity index (χ1n) is 9.64. The van der Waals surface area contributed by atoms with E-state index < -0.39 is 11.4 Å². The van der Waals surface area contributed by atoms with Gasteiger partial charge in [-0.25, -0.2) is 4.39 Å². The maximum absolute atomic E-state index is 14.2. The van der Waals surface area contributed by atoms with E-state index in [1.807, 2.05) is 12.1 Å². The van der Waals surface area contributed by atoms with Gasteiger partial charge in [0.25, 0.3) is 5.91 Å². The quantitative estimate of drug-likeness (QED) is 0.594. The Hall–Kier alpha value is -3.34. The monoisotopic (exact) mass is 434 g/mol.